The largest absolute Gasteiger partial charge is 0.480 e. The first-order chi connectivity index (χ1) is 8.81. The summed E-state index contributed by atoms with van der Waals surface area (Å²) in [6.45, 7) is 0. The maximum Gasteiger partial charge on any atom is 0.238 e. The zero-order valence-corrected chi connectivity index (χ0v) is 11.0. The molecule has 1 aromatic heterocycles. The van der Waals surface area contributed by atoms with Crippen LogP contribution in [0.25, 0.3) is 0 Å². The fraction of sp³-hybridized carbons (Fsp3) is 0.714. The molecule has 0 aromatic carbocycles. The lowest BCUT2D eigenvalue weighted by Crippen LogP contribution is -2.10. The summed E-state index contributed by atoms with van der Waals surface area (Å²) in [5.74, 6) is 1.21. The van der Waals surface area contributed by atoms with Gasteiger partial charge in [0.15, 0.2) is 0 Å². The Kier molecular flexibility index (Phi) is 4.93. The molecule has 0 amide bonds. The van der Waals surface area contributed by atoms with E-state index in [0.29, 0.717) is 11.6 Å². The van der Waals surface area contributed by atoms with Gasteiger partial charge in [-0.3, -0.25) is 4.98 Å². The molecule has 2 rings (SSSR count). The molecule has 4 heteroatoms. The van der Waals surface area contributed by atoms with E-state index in [9.17, 15) is 5.11 Å². The third-order valence-electron chi connectivity index (χ3n) is 3.77. The summed E-state index contributed by atoms with van der Waals surface area (Å²) in [4.78, 5) is 8.24. The van der Waals surface area contributed by atoms with Crippen molar-refractivity contribution in [2.45, 2.75) is 51.0 Å². The molecule has 1 atom stereocenters. The van der Waals surface area contributed by atoms with Crippen molar-refractivity contribution in [2.75, 3.05) is 7.11 Å². The average Bonchev–Trinajstić information content (AvgIpc) is 2.45. The SMILES string of the molecule is COc1nccnc1C(O)CCC1CCCCC1. The van der Waals surface area contributed by atoms with Gasteiger partial charge in [0, 0.05) is 12.4 Å². The topological polar surface area (TPSA) is 55.2 Å². The van der Waals surface area contributed by atoms with E-state index in [1.165, 1.54) is 32.1 Å². The molecule has 1 fully saturated rings. The number of ether oxygens (including phenoxy) is 1. The van der Waals surface area contributed by atoms with Gasteiger partial charge in [0.2, 0.25) is 5.88 Å². The molecule has 0 bridgehead atoms. The number of aliphatic hydroxyl groups is 1. The van der Waals surface area contributed by atoms with Crippen molar-refractivity contribution in [3.63, 3.8) is 0 Å². The smallest absolute Gasteiger partial charge is 0.238 e. The van der Waals surface area contributed by atoms with Crippen molar-refractivity contribution in [2.24, 2.45) is 5.92 Å². The Morgan fingerprint density at radius 2 is 2.00 bits per heavy atom. The summed E-state index contributed by atoms with van der Waals surface area (Å²) in [7, 11) is 1.56. The molecule has 18 heavy (non-hydrogen) atoms. The molecule has 1 aromatic rings. The van der Waals surface area contributed by atoms with Gasteiger partial charge in [0.05, 0.1) is 7.11 Å². The molecular weight excluding hydrogens is 228 g/mol. The highest BCUT2D eigenvalue weighted by atomic mass is 16.5. The molecule has 0 saturated heterocycles. The van der Waals surface area contributed by atoms with Crippen LogP contribution in [0.15, 0.2) is 12.4 Å². The number of aromatic nitrogens is 2. The molecule has 1 aliphatic carbocycles. The quantitative estimate of drug-likeness (QED) is 0.873. The molecule has 1 unspecified atom stereocenters. The zero-order chi connectivity index (χ0) is 12.8. The van der Waals surface area contributed by atoms with Crippen LogP contribution in [0, 0.1) is 5.92 Å². The van der Waals surface area contributed by atoms with Crippen LogP contribution in [-0.4, -0.2) is 22.2 Å². The molecule has 1 aliphatic rings. The number of hydrogen-bond acceptors (Lipinski definition) is 4. The highest BCUT2D eigenvalue weighted by Crippen LogP contribution is 2.31. The molecular formula is C14H22N2O2. The van der Waals surface area contributed by atoms with Crippen LogP contribution >= 0.6 is 0 Å². The Morgan fingerprint density at radius 1 is 1.28 bits per heavy atom. The van der Waals surface area contributed by atoms with E-state index in [4.69, 9.17) is 4.74 Å². The first kappa shape index (κ1) is 13.3. The minimum Gasteiger partial charge on any atom is -0.480 e. The van der Waals surface area contributed by atoms with Gasteiger partial charge in [0.25, 0.3) is 0 Å². The van der Waals surface area contributed by atoms with E-state index < -0.39 is 6.10 Å². The lowest BCUT2D eigenvalue weighted by molar-refractivity contribution is 0.142. The summed E-state index contributed by atoms with van der Waals surface area (Å²) in [6.07, 6.45) is 11.1. The Balaban J connectivity index is 1.88. The molecule has 1 heterocycles. The van der Waals surface area contributed by atoms with Crippen molar-refractivity contribution in [1.29, 1.82) is 0 Å². The van der Waals surface area contributed by atoms with E-state index in [1.807, 2.05) is 0 Å². The number of hydrogen-bond donors (Lipinski definition) is 1. The van der Waals surface area contributed by atoms with Crippen molar-refractivity contribution in [1.82, 2.24) is 9.97 Å². The van der Waals surface area contributed by atoms with E-state index in [1.54, 1.807) is 19.5 Å². The molecule has 0 radical (unpaired) electrons. The summed E-state index contributed by atoms with van der Waals surface area (Å²) in [5.41, 5.74) is 0.566. The number of rotatable bonds is 5. The Bertz CT molecular complexity index is 365. The third-order valence-corrected chi connectivity index (χ3v) is 3.77. The summed E-state index contributed by atoms with van der Waals surface area (Å²) >= 11 is 0. The lowest BCUT2D eigenvalue weighted by Gasteiger charge is -2.22. The van der Waals surface area contributed by atoms with Gasteiger partial charge in [-0.05, 0) is 18.8 Å². The van der Waals surface area contributed by atoms with Gasteiger partial charge in [-0.15, -0.1) is 0 Å². The van der Waals surface area contributed by atoms with Crippen LogP contribution in [0.4, 0.5) is 0 Å². The molecule has 4 nitrogen and oxygen atoms in total. The van der Waals surface area contributed by atoms with Crippen LogP contribution in [-0.2, 0) is 0 Å². The van der Waals surface area contributed by atoms with Crippen LogP contribution in [0.1, 0.15) is 56.7 Å². The second-order valence-electron chi connectivity index (χ2n) is 5.05. The fourth-order valence-corrected chi connectivity index (χ4v) is 2.73. The van der Waals surface area contributed by atoms with Gasteiger partial charge >= 0.3 is 0 Å². The second kappa shape index (κ2) is 6.69. The fourth-order valence-electron chi connectivity index (χ4n) is 2.73. The van der Waals surface area contributed by atoms with Crippen molar-refractivity contribution in [3.05, 3.63) is 18.1 Å². The summed E-state index contributed by atoms with van der Waals surface area (Å²) < 4.78 is 5.12. The summed E-state index contributed by atoms with van der Waals surface area (Å²) in [6, 6.07) is 0. The first-order valence-electron chi connectivity index (χ1n) is 6.84. The van der Waals surface area contributed by atoms with Gasteiger partial charge in [0.1, 0.15) is 11.8 Å². The highest BCUT2D eigenvalue weighted by molar-refractivity contribution is 5.19. The van der Waals surface area contributed by atoms with Crippen LogP contribution in [0.3, 0.4) is 0 Å². The van der Waals surface area contributed by atoms with Crippen LogP contribution < -0.4 is 4.74 Å². The molecule has 0 aliphatic heterocycles. The van der Waals surface area contributed by atoms with Crippen LogP contribution in [0.2, 0.25) is 0 Å². The third kappa shape index (κ3) is 3.42. The maximum atomic E-state index is 10.2. The van der Waals surface area contributed by atoms with Crippen molar-refractivity contribution < 1.29 is 9.84 Å². The second-order valence-corrected chi connectivity index (χ2v) is 5.05. The Morgan fingerprint density at radius 3 is 2.72 bits per heavy atom. The monoisotopic (exact) mass is 250 g/mol. The Hall–Kier alpha value is -1.16. The highest BCUT2D eigenvalue weighted by Gasteiger charge is 2.19. The number of nitrogens with zero attached hydrogens (tertiary/aromatic N) is 2. The van der Waals surface area contributed by atoms with Crippen molar-refractivity contribution in [3.8, 4) is 5.88 Å². The Labute approximate surface area is 108 Å². The lowest BCUT2D eigenvalue weighted by atomic mass is 9.85. The van der Waals surface area contributed by atoms with Gasteiger partial charge in [-0.1, -0.05) is 32.1 Å². The molecule has 1 N–H and O–H groups in total. The normalized spacial score (nSPS) is 18.6. The average molecular weight is 250 g/mol. The van der Waals surface area contributed by atoms with E-state index in [0.717, 1.165) is 18.8 Å². The standard InChI is InChI=1S/C14H22N2O2/c1-18-14-13(15-9-10-16-14)12(17)8-7-11-5-3-2-4-6-11/h9-12,17H,2-8H2,1H3. The van der Waals surface area contributed by atoms with Gasteiger partial charge in [-0.2, -0.15) is 0 Å². The molecule has 0 spiro atoms. The van der Waals surface area contributed by atoms with E-state index in [-0.39, 0.29) is 0 Å². The van der Waals surface area contributed by atoms with Gasteiger partial charge in [-0.25, -0.2) is 4.98 Å². The summed E-state index contributed by atoms with van der Waals surface area (Å²) in [5, 5.41) is 10.2. The minimum atomic E-state index is -0.560. The van der Waals surface area contributed by atoms with E-state index in [2.05, 4.69) is 9.97 Å². The van der Waals surface area contributed by atoms with Crippen molar-refractivity contribution >= 4 is 0 Å². The number of aliphatic hydroxyl groups excluding tert-OH is 1. The predicted octanol–water partition coefficient (Wildman–Crippen LogP) is 2.88. The van der Waals surface area contributed by atoms with E-state index >= 15 is 0 Å². The zero-order valence-electron chi connectivity index (χ0n) is 11.0. The number of methoxy groups -OCH3 is 1. The first-order valence-corrected chi connectivity index (χ1v) is 6.84. The van der Waals surface area contributed by atoms with Gasteiger partial charge < -0.3 is 9.84 Å². The molecule has 1 saturated carbocycles. The van der Waals surface area contributed by atoms with Crippen LogP contribution in [0.5, 0.6) is 5.88 Å². The maximum absolute atomic E-state index is 10.2. The molecule has 100 valence electrons. The predicted molar refractivity (Wildman–Crippen MR) is 69.4 cm³/mol. The minimum absolute atomic E-state index is 0.439.